The van der Waals surface area contributed by atoms with E-state index in [4.69, 9.17) is 0 Å². The maximum atomic E-state index is 12.3. The van der Waals surface area contributed by atoms with E-state index in [0.717, 1.165) is 18.4 Å². The van der Waals surface area contributed by atoms with Crippen molar-refractivity contribution < 1.29 is 4.79 Å². The summed E-state index contributed by atoms with van der Waals surface area (Å²) in [5.74, 6) is -0.811. The molecule has 96 valence electrons. The molecule has 1 rings (SSSR count). The van der Waals surface area contributed by atoms with Gasteiger partial charge in [0.1, 0.15) is 5.92 Å². The summed E-state index contributed by atoms with van der Waals surface area (Å²) in [4.78, 5) is 14.0. The van der Waals surface area contributed by atoms with Crippen molar-refractivity contribution in [3.05, 3.63) is 35.9 Å². The van der Waals surface area contributed by atoms with Gasteiger partial charge in [-0.15, -0.1) is 0 Å². The van der Waals surface area contributed by atoms with Crippen LogP contribution in [0.3, 0.4) is 0 Å². The molecule has 0 aliphatic heterocycles. The predicted octanol–water partition coefficient (Wildman–Crippen LogP) is 2.94. The molecule has 0 bridgehead atoms. The lowest BCUT2D eigenvalue weighted by Crippen LogP contribution is -2.39. The second-order valence-electron chi connectivity index (χ2n) is 4.39. The summed E-state index contributed by atoms with van der Waals surface area (Å²) in [6.45, 7) is 4.11. The molecule has 18 heavy (non-hydrogen) atoms. The van der Waals surface area contributed by atoms with Crippen LogP contribution in [0.5, 0.6) is 0 Å². The first kappa shape index (κ1) is 14.2. The van der Waals surface area contributed by atoms with E-state index < -0.39 is 5.92 Å². The number of amides is 1. The first-order valence-electron chi connectivity index (χ1n) is 6.36. The predicted molar refractivity (Wildman–Crippen MR) is 71.9 cm³/mol. The van der Waals surface area contributed by atoms with E-state index in [1.807, 2.05) is 30.3 Å². The van der Waals surface area contributed by atoms with Crippen molar-refractivity contribution in [1.82, 2.24) is 4.90 Å². The normalized spacial score (nSPS) is 11.9. The number of hydrogen-bond acceptors (Lipinski definition) is 2. The van der Waals surface area contributed by atoms with Gasteiger partial charge in [-0.05, 0) is 18.4 Å². The monoisotopic (exact) mass is 244 g/mol. The van der Waals surface area contributed by atoms with Crippen LogP contribution in [0.25, 0.3) is 0 Å². The van der Waals surface area contributed by atoms with E-state index in [-0.39, 0.29) is 11.9 Å². The van der Waals surface area contributed by atoms with Gasteiger partial charge in [-0.25, -0.2) is 0 Å². The Hall–Kier alpha value is -1.82. The standard InChI is InChI=1S/C15H20N2O/c1-4-13(5-2)17(3)15(18)14(11-16)12-9-7-6-8-10-12/h6-10,13-14H,4-5H2,1-3H3. The molecule has 1 aromatic rings. The van der Waals surface area contributed by atoms with Crippen molar-refractivity contribution in [3.8, 4) is 6.07 Å². The molecule has 0 heterocycles. The second kappa shape index (κ2) is 6.80. The van der Waals surface area contributed by atoms with Crippen LogP contribution in [0.2, 0.25) is 0 Å². The Morgan fingerprint density at radius 2 is 1.83 bits per heavy atom. The van der Waals surface area contributed by atoms with Crippen LogP contribution >= 0.6 is 0 Å². The Morgan fingerprint density at radius 3 is 2.28 bits per heavy atom. The van der Waals surface area contributed by atoms with Crippen LogP contribution in [-0.2, 0) is 4.79 Å². The zero-order valence-corrected chi connectivity index (χ0v) is 11.3. The molecule has 0 aromatic heterocycles. The molecule has 3 nitrogen and oxygen atoms in total. The minimum absolute atomic E-state index is 0.114. The second-order valence-corrected chi connectivity index (χ2v) is 4.39. The Labute approximate surface area is 109 Å². The topological polar surface area (TPSA) is 44.1 Å². The van der Waals surface area contributed by atoms with Gasteiger partial charge < -0.3 is 4.90 Å². The van der Waals surface area contributed by atoms with E-state index in [0.29, 0.717) is 0 Å². The quantitative estimate of drug-likeness (QED) is 0.799. The highest BCUT2D eigenvalue weighted by Crippen LogP contribution is 2.19. The van der Waals surface area contributed by atoms with Crippen molar-refractivity contribution in [2.75, 3.05) is 7.05 Å². The Bertz CT molecular complexity index is 418. The molecule has 1 aromatic carbocycles. The molecule has 0 aliphatic rings. The number of nitrogens with zero attached hydrogens (tertiary/aromatic N) is 2. The highest BCUT2D eigenvalue weighted by atomic mass is 16.2. The van der Waals surface area contributed by atoms with Crippen LogP contribution in [0, 0.1) is 11.3 Å². The molecule has 0 spiro atoms. The summed E-state index contributed by atoms with van der Waals surface area (Å²) < 4.78 is 0. The molecule has 0 saturated heterocycles. The highest BCUT2D eigenvalue weighted by molar-refractivity contribution is 5.86. The van der Waals surface area contributed by atoms with Gasteiger partial charge in [-0.2, -0.15) is 5.26 Å². The molecular formula is C15H20N2O. The van der Waals surface area contributed by atoms with E-state index in [2.05, 4.69) is 19.9 Å². The van der Waals surface area contributed by atoms with Gasteiger partial charge in [-0.1, -0.05) is 44.2 Å². The number of nitriles is 1. The number of carbonyl (C=O) groups excluding carboxylic acids is 1. The average Bonchev–Trinajstić information content (AvgIpc) is 2.42. The highest BCUT2D eigenvalue weighted by Gasteiger charge is 2.26. The molecule has 1 amide bonds. The van der Waals surface area contributed by atoms with E-state index in [9.17, 15) is 10.1 Å². The van der Waals surface area contributed by atoms with Gasteiger partial charge in [0, 0.05) is 13.1 Å². The van der Waals surface area contributed by atoms with Crippen LogP contribution in [-0.4, -0.2) is 23.9 Å². The Kier molecular flexibility index (Phi) is 5.38. The fourth-order valence-corrected chi connectivity index (χ4v) is 2.14. The van der Waals surface area contributed by atoms with Crippen LogP contribution < -0.4 is 0 Å². The fraction of sp³-hybridized carbons (Fsp3) is 0.467. The number of rotatable bonds is 5. The third-order valence-electron chi connectivity index (χ3n) is 3.35. The van der Waals surface area contributed by atoms with Crippen LogP contribution in [0.1, 0.15) is 38.2 Å². The molecule has 1 atom stereocenters. The average molecular weight is 244 g/mol. The van der Waals surface area contributed by atoms with Gasteiger partial charge >= 0.3 is 0 Å². The summed E-state index contributed by atoms with van der Waals surface area (Å²) in [7, 11) is 1.78. The minimum Gasteiger partial charge on any atom is -0.341 e. The lowest BCUT2D eigenvalue weighted by atomic mass is 9.98. The van der Waals surface area contributed by atoms with E-state index in [1.165, 1.54) is 0 Å². The van der Waals surface area contributed by atoms with Crippen molar-refractivity contribution >= 4 is 5.91 Å². The number of likely N-dealkylation sites (N-methyl/N-ethyl adjacent to an activating group) is 1. The molecule has 0 N–H and O–H groups in total. The Morgan fingerprint density at radius 1 is 1.28 bits per heavy atom. The third-order valence-corrected chi connectivity index (χ3v) is 3.35. The summed E-state index contributed by atoms with van der Waals surface area (Å²) in [5.41, 5.74) is 0.766. The van der Waals surface area contributed by atoms with Gasteiger partial charge in [0.05, 0.1) is 6.07 Å². The van der Waals surface area contributed by atoms with Crippen molar-refractivity contribution in [2.45, 2.75) is 38.6 Å². The number of carbonyl (C=O) groups is 1. The maximum absolute atomic E-state index is 12.3. The minimum atomic E-state index is -0.697. The summed E-state index contributed by atoms with van der Waals surface area (Å²) in [5, 5.41) is 9.23. The van der Waals surface area contributed by atoms with Gasteiger partial charge in [-0.3, -0.25) is 4.79 Å². The van der Waals surface area contributed by atoms with E-state index in [1.54, 1.807) is 11.9 Å². The van der Waals surface area contributed by atoms with Crippen LogP contribution in [0.15, 0.2) is 30.3 Å². The smallest absolute Gasteiger partial charge is 0.244 e. The molecule has 3 heteroatoms. The maximum Gasteiger partial charge on any atom is 0.244 e. The SMILES string of the molecule is CCC(CC)N(C)C(=O)C(C#N)c1ccccc1. The van der Waals surface area contributed by atoms with Gasteiger partial charge in [0.25, 0.3) is 0 Å². The van der Waals surface area contributed by atoms with Crippen LogP contribution in [0.4, 0.5) is 0 Å². The lowest BCUT2D eigenvalue weighted by Gasteiger charge is -2.28. The molecular weight excluding hydrogens is 224 g/mol. The van der Waals surface area contributed by atoms with Gasteiger partial charge in [0.2, 0.25) is 5.91 Å². The molecule has 1 unspecified atom stereocenters. The third kappa shape index (κ3) is 3.10. The van der Waals surface area contributed by atoms with Crippen molar-refractivity contribution in [3.63, 3.8) is 0 Å². The lowest BCUT2D eigenvalue weighted by molar-refractivity contribution is -0.132. The van der Waals surface area contributed by atoms with Crippen molar-refractivity contribution in [2.24, 2.45) is 0 Å². The first-order valence-corrected chi connectivity index (χ1v) is 6.36. The zero-order chi connectivity index (χ0) is 13.5. The Balaban J connectivity index is 2.91. The number of hydrogen-bond donors (Lipinski definition) is 0. The number of benzene rings is 1. The summed E-state index contributed by atoms with van der Waals surface area (Å²) >= 11 is 0. The largest absolute Gasteiger partial charge is 0.341 e. The summed E-state index contributed by atoms with van der Waals surface area (Å²) in [6.07, 6.45) is 1.82. The molecule has 0 saturated carbocycles. The first-order chi connectivity index (χ1) is 8.65. The van der Waals surface area contributed by atoms with Gasteiger partial charge in [0.15, 0.2) is 0 Å². The van der Waals surface area contributed by atoms with E-state index >= 15 is 0 Å². The molecule has 0 aliphatic carbocycles. The summed E-state index contributed by atoms with van der Waals surface area (Å²) in [6, 6.07) is 11.6. The molecule has 0 radical (unpaired) electrons. The van der Waals surface area contributed by atoms with Crippen molar-refractivity contribution in [1.29, 1.82) is 5.26 Å². The molecule has 0 fully saturated rings. The zero-order valence-electron chi connectivity index (χ0n) is 11.3. The fourth-order valence-electron chi connectivity index (χ4n) is 2.14.